The first-order chi connectivity index (χ1) is 8.20. The third-order valence-electron chi connectivity index (χ3n) is 3.06. The molecule has 0 bridgehead atoms. The van der Waals surface area contributed by atoms with E-state index < -0.39 is 0 Å². The van der Waals surface area contributed by atoms with Crippen LogP contribution in [0.1, 0.15) is 24.5 Å². The van der Waals surface area contributed by atoms with Gasteiger partial charge in [0.05, 0.1) is 23.0 Å². The Bertz CT molecular complexity index is 595. The number of ether oxygens (including phenoxy) is 1. The normalized spacial score (nSPS) is 15.2. The number of rotatable bonds is 2. The van der Waals surface area contributed by atoms with E-state index in [1.54, 1.807) is 7.11 Å². The number of nitrogens with zero attached hydrogens (tertiary/aromatic N) is 1. The van der Waals surface area contributed by atoms with Gasteiger partial charge in [0.25, 0.3) is 0 Å². The molecule has 1 aliphatic carbocycles. The smallest absolute Gasteiger partial charge is 0.129 e. The molecule has 1 aromatic heterocycles. The summed E-state index contributed by atoms with van der Waals surface area (Å²) in [6.07, 6.45) is 2.44. The summed E-state index contributed by atoms with van der Waals surface area (Å²) in [6.45, 7) is 0. The second kappa shape index (κ2) is 4.14. The lowest BCUT2D eigenvalue weighted by Crippen LogP contribution is -1.93. The topological polar surface area (TPSA) is 22.1 Å². The fourth-order valence-corrected chi connectivity index (χ4v) is 2.72. The number of fused-ring (bicyclic) bond motifs is 1. The Morgan fingerprint density at radius 1 is 1.41 bits per heavy atom. The van der Waals surface area contributed by atoms with E-state index in [1.165, 1.54) is 12.8 Å². The molecule has 1 aromatic carbocycles. The molecule has 0 N–H and O–H groups in total. The third kappa shape index (κ3) is 1.91. The van der Waals surface area contributed by atoms with E-state index in [9.17, 15) is 0 Å². The SMILES string of the molecule is COc1ccc(Br)c2nc(C3CC3)cc(Cl)c12. The van der Waals surface area contributed by atoms with Gasteiger partial charge >= 0.3 is 0 Å². The van der Waals surface area contributed by atoms with Crippen LogP contribution in [0.5, 0.6) is 5.75 Å². The van der Waals surface area contributed by atoms with Crippen molar-refractivity contribution in [3.8, 4) is 5.75 Å². The quantitative estimate of drug-likeness (QED) is 0.812. The zero-order valence-electron chi connectivity index (χ0n) is 9.34. The molecule has 1 saturated carbocycles. The predicted octanol–water partition coefficient (Wildman–Crippen LogP) is 4.54. The maximum atomic E-state index is 6.35. The Morgan fingerprint density at radius 2 is 2.18 bits per heavy atom. The largest absolute Gasteiger partial charge is 0.496 e. The van der Waals surface area contributed by atoms with Crippen molar-refractivity contribution in [2.75, 3.05) is 7.11 Å². The second-order valence-corrected chi connectivity index (χ2v) is 5.54. The maximum Gasteiger partial charge on any atom is 0.129 e. The lowest BCUT2D eigenvalue weighted by molar-refractivity contribution is 0.419. The van der Waals surface area contributed by atoms with Crippen molar-refractivity contribution in [3.63, 3.8) is 0 Å². The van der Waals surface area contributed by atoms with Gasteiger partial charge in [-0.15, -0.1) is 0 Å². The van der Waals surface area contributed by atoms with Gasteiger partial charge in [-0.05, 0) is 47.0 Å². The summed E-state index contributed by atoms with van der Waals surface area (Å²) in [5, 5.41) is 1.60. The summed E-state index contributed by atoms with van der Waals surface area (Å²) < 4.78 is 6.29. The maximum absolute atomic E-state index is 6.35. The average molecular weight is 313 g/mol. The molecular weight excluding hydrogens is 302 g/mol. The van der Waals surface area contributed by atoms with Crippen LogP contribution >= 0.6 is 27.5 Å². The van der Waals surface area contributed by atoms with Gasteiger partial charge < -0.3 is 4.74 Å². The van der Waals surface area contributed by atoms with Gasteiger partial charge in [-0.2, -0.15) is 0 Å². The highest BCUT2D eigenvalue weighted by atomic mass is 79.9. The second-order valence-electron chi connectivity index (χ2n) is 4.28. The van der Waals surface area contributed by atoms with E-state index in [4.69, 9.17) is 21.3 Å². The van der Waals surface area contributed by atoms with Crippen LogP contribution in [-0.2, 0) is 0 Å². The lowest BCUT2D eigenvalue weighted by atomic mass is 10.1. The van der Waals surface area contributed by atoms with Crippen molar-refractivity contribution in [3.05, 3.63) is 33.4 Å². The summed E-state index contributed by atoms with van der Waals surface area (Å²) in [4.78, 5) is 4.69. The van der Waals surface area contributed by atoms with Crippen LogP contribution in [0.3, 0.4) is 0 Å². The fraction of sp³-hybridized carbons (Fsp3) is 0.308. The Balaban J connectivity index is 2.33. The van der Waals surface area contributed by atoms with Crippen LogP contribution in [0.15, 0.2) is 22.7 Å². The first-order valence-electron chi connectivity index (χ1n) is 5.53. The minimum absolute atomic E-state index is 0.593. The van der Waals surface area contributed by atoms with E-state index in [0.717, 1.165) is 31.8 Å². The van der Waals surface area contributed by atoms with Crippen LogP contribution in [-0.4, -0.2) is 12.1 Å². The Labute approximate surface area is 113 Å². The molecule has 1 fully saturated rings. The Morgan fingerprint density at radius 3 is 2.82 bits per heavy atom. The van der Waals surface area contributed by atoms with Gasteiger partial charge in [0.15, 0.2) is 0 Å². The molecule has 17 heavy (non-hydrogen) atoms. The van der Waals surface area contributed by atoms with Crippen molar-refractivity contribution in [2.45, 2.75) is 18.8 Å². The summed E-state index contributed by atoms with van der Waals surface area (Å²) in [6, 6.07) is 5.81. The first-order valence-corrected chi connectivity index (χ1v) is 6.70. The highest BCUT2D eigenvalue weighted by Gasteiger charge is 2.26. The van der Waals surface area contributed by atoms with E-state index in [-0.39, 0.29) is 0 Å². The highest BCUT2D eigenvalue weighted by molar-refractivity contribution is 9.10. The van der Waals surface area contributed by atoms with Crippen molar-refractivity contribution >= 4 is 38.4 Å². The molecule has 0 radical (unpaired) electrons. The molecule has 0 amide bonds. The summed E-state index contributed by atoms with van der Waals surface area (Å²) >= 11 is 9.87. The minimum Gasteiger partial charge on any atom is -0.496 e. The molecular formula is C13H11BrClNO. The third-order valence-corrected chi connectivity index (χ3v) is 4.00. The first kappa shape index (κ1) is 11.3. The molecule has 4 heteroatoms. The minimum atomic E-state index is 0.593. The van der Waals surface area contributed by atoms with Crippen molar-refractivity contribution in [2.24, 2.45) is 0 Å². The van der Waals surface area contributed by atoms with Crippen LogP contribution in [0.4, 0.5) is 0 Å². The fourth-order valence-electron chi connectivity index (χ4n) is 2.01. The van der Waals surface area contributed by atoms with Crippen molar-refractivity contribution in [1.29, 1.82) is 0 Å². The molecule has 0 unspecified atom stereocenters. The van der Waals surface area contributed by atoms with Crippen LogP contribution in [0.2, 0.25) is 5.02 Å². The van der Waals surface area contributed by atoms with Crippen molar-refractivity contribution in [1.82, 2.24) is 4.98 Å². The van der Waals surface area contributed by atoms with Crippen LogP contribution < -0.4 is 4.74 Å². The van der Waals surface area contributed by atoms with E-state index in [2.05, 4.69) is 15.9 Å². The van der Waals surface area contributed by atoms with Gasteiger partial charge in [0, 0.05) is 16.1 Å². The Kier molecular flexibility index (Phi) is 2.75. The number of aromatic nitrogens is 1. The number of hydrogen-bond donors (Lipinski definition) is 0. The molecule has 2 nitrogen and oxygen atoms in total. The zero-order chi connectivity index (χ0) is 12.0. The van der Waals surface area contributed by atoms with E-state index >= 15 is 0 Å². The van der Waals surface area contributed by atoms with Crippen molar-refractivity contribution < 1.29 is 4.74 Å². The number of hydrogen-bond acceptors (Lipinski definition) is 2. The molecule has 0 atom stereocenters. The van der Waals surface area contributed by atoms with Gasteiger partial charge in [-0.3, -0.25) is 4.98 Å². The number of benzene rings is 1. The van der Waals surface area contributed by atoms with Gasteiger partial charge in [-0.1, -0.05) is 11.6 Å². The summed E-state index contributed by atoms with van der Waals surface area (Å²) in [7, 11) is 1.65. The molecule has 3 rings (SSSR count). The van der Waals surface area contributed by atoms with Gasteiger partial charge in [-0.25, -0.2) is 0 Å². The summed E-state index contributed by atoms with van der Waals surface area (Å²) in [5.74, 6) is 1.36. The number of methoxy groups -OCH3 is 1. The summed E-state index contributed by atoms with van der Waals surface area (Å²) in [5.41, 5.74) is 1.98. The zero-order valence-corrected chi connectivity index (χ0v) is 11.7. The molecule has 0 aliphatic heterocycles. The monoisotopic (exact) mass is 311 g/mol. The van der Waals surface area contributed by atoms with Gasteiger partial charge in [0.2, 0.25) is 0 Å². The van der Waals surface area contributed by atoms with Crippen LogP contribution in [0.25, 0.3) is 10.9 Å². The van der Waals surface area contributed by atoms with Gasteiger partial charge in [0.1, 0.15) is 5.75 Å². The van der Waals surface area contributed by atoms with E-state index in [0.29, 0.717) is 5.92 Å². The Hall–Kier alpha value is -0.800. The molecule has 0 spiro atoms. The number of pyridine rings is 1. The molecule has 88 valence electrons. The lowest BCUT2D eigenvalue weighted by Gasteiger charge is -2.10. The van der Waals surface area contributed by atoms with Crippen LogP contribution in [0, 0.1) is 0 Å². The average Bonchev–Trinajstić information content (AvgIpc) is 3.14. The highest BCUT2D eigenvalue weighted by Crippen LogP contribution is 2.43. The molecule has 1 aliphatic rings. The molecule has 0 saturated heterocycles. The molecule has 2 aromatic rings. The molecule has 1 heterocycles. The number of halogens is 2. The van der Waals surface area contributed by atoms with E-state index in [1.807, 2.05) is 18.2 Å². The predicted molar refractivity (Wildman–Crippen MR) is 73.0 cm³/mol. The standard InChI is InChI=1S/C13H11BrClNO/c1-17-11-5-4-8(14)13-12(11)9(15)6-10(16-13)7-2-3-7/h4-7H,2-3H2,1H3.